The van der Waals surface area contributed by atoms with Crippen molar-refractivity contribution in [3.63, 3.8) is 0 Å². The second-order valence-corrected chi connectivity index (χ2v) is 8.38. The lowest BCUT2D eigenvalue weighted by Crippen LogP contribution is -2.50. The molecule has 1 aliphatic rings. The summed E-state index contributed by atoms with van der Waals surface area (Å²) in [6.07, 6.45) is 8.43. The average molecular weight is 419 g/mol. The van der Waals surface area contributed by atoms with E-state index in [1.54, 1.807) is 29.7 Å². The lowest BCUT2D eigenvalue weighted by atomic mass is 10.2. The minimum Gasteiger partial charge on any atom is -0.444 e. The van der Waals surface area contributed by atoms with Crippen LogP contribution in [0.3, 0.4) is 0 Å². The average Bonchev–Trinajstić information content (AvgIpc) is 2.77. The van der Waals surface area contributed by atoms with Gasteiger partial charge in [-0.1, -0.05) is 6.07 Å². The van der Waals surface area contributed by atoms with E-state index in [1.807, 2.05) is 51.3 Å². The van der Waals surface area contributed by atoms with Gasteiger partial charge in [-0.25, -0.2) is 4.79 Å². The molecule has 0 unspecified atom stereocenters. The molecule has 1 aliphatic heterocycles. The molecule has 0 atom stereocenters. The maximum atomic E-state index is 12.3. The highest BCUT2D eigenvalue weighted by molar-refractivity contribution is 5.89. The Morgan fingerprint density at radius 3 is 2.52 bits per heavy atom. The fourth-order valence-corrected chi connectivity index (χ4v) is 3.41. The number of fused-ring (bicyclic) bond motifs is 1. The molecular weight excluding hydrogens is 392 g/mol. The summed E-state index contributed by atoms with van der Waals surface area (Å²) in [5.74, 6) is 0. The highest BCUT2D eigenvalue weighted by Gasteiger charge is 2.26. The second-order valence-electron chi connectivity index (χ2n) is 8.38. The molecule has 1 saturated heterocycles. The Hall–Kier alpha value is -3.55. The molecule has 3 heterocycles. The maximum absolute atomic E-state index is 12.3. The highest BCUT2D eigenvalue weighted by Crippen LogP contribution is 2.28. The summed E-state index contributed by atoms with van der Waals surface area (Å²) in [5.41, 5.74) is 3.91. The molecule has 0 spiro atoms. The molecule has 0 saturated carbocycles. The summed E-state index contributed by atoms with van der Waals surface area (Å²) < 4.78 is 5.49. The quantitative estimate of drug-likeness (QED) is 0.601. The summed E-state index contributed by atoms with van der Waals surface area (Å²) in [4.78, 5) is 33.8. The van der Waals surface area contributed by atoms with Crippen molar-refractivity contribution in [2.24, 2.45) is 4.99 Å². The molecule has 1 aromatic carbocycles. The van der Waals surface area contributed by atoms with Gasteiger partial charge in [-0.05, 0) is 44.5 Å². The summed E-state index contributed by atoms with van der Waals surface area (Å²) in [6.45, 7) is 8.25. The molecule has 1 amide bonds. The number of hydrogen-bond donors (Lipinski definition) is 0. The van der Waals surface area contributed by atoms with Gasteiger partial charge in [0.25, 0.3) is 0 Å². The van der Waals surface area contributed by atoms with Crippen LogP contribution in [-0.4, -0.2) is 63.9 Å². The van der Waals surface area contributed by atoms with Crippen molar-refractivity contribution < 1.29 is 9.53 Å². The maximum Gasteiger partial charge on any atom is 0.410 e. The van der Waals surface area contributed by atoms with E-state index in [2.05, 4.69) is 24.8 Å². The molecule has 1 fully saturated rings. The molecule has 0 radical (unpaired) electrons. The number of benzene rings is 1. The van der Waals surface area contributed by atoms with Crippen LogP contribution in [0.4, 0.5) is 16.2 Å². The van der Waals surface area contributed by atoms with Crippen molar-refractivity contribution in [3.8, 4) is 0 Å². The van der Waals surface area contributed by atoms with E-state index in [0.717, 1.165) is 28.0 Å². The highest BCUT2D eigenvalue weighted by atomic mass is 16.6. The van der Waals surface area contributed by atoms with Gasteiger partial charge >= 0.3 is 6.09 Å². The van der Waals surface area contributed by atoms with Crippen LogP contribution >= 0.6 is 0 Å². The summed E-state index contributed by atoms with van der Waals surface area (Å²) in [6, 6.07) is 7.82. The predicted molar refractivity (Wildman–Crippen MR) is 121 cm³/mol. The Labute approximate surface area is 181 Å². The standard InChI is InChI=1S/C23H26N6O2/c1-23(2,3)31-22(30)29-12-10-28(11-13-29)21-6-7-24-16-20(21)27-15-17-4-5-18-19(14-17)26-9-8-25-18/h4-9,14-16H,10-13H2,1-3H3. The molecule has 160 valence electrons. The third kappa shape index (κ3) is 5.14. The van der Waals surface area contributed by atoms with E-state index in [0.29, 0.717) is 26.2 Å². The van der Waals surface area contributed by atoms with Crippen LogP contribution in [0, 0.1) is 0 Å². The number of rotatable bonds is 3. The van der Waals surface area contributed by atoms with Gasteiger partial charge in [0.2, 0.25) is 0 Å². The SMILES string of the molecule is CC(C)(C)OC(=O)N1CCN(c2ccncc2N=Cc2ccc3nccnc3c2)CC1. The van der Waals surface area contributed by atoms with Crippen molar-refractivity contribution >= 4 is 34.7 Å². The van der Waals surface area contributed by atoms with E-state index < -0.39 is 5.60 Å². The minimum atomic E-state index is -0.491. The van der Waals surface area contributed by atoms with Gasteiger partial charge in [0.1, 0.15) is 11.3 Å². The van der Waals surface area contributed by atoms with Crippen molar-refractivity contribution in [1.29, 1.82) is 0 Å². The van der Waals surface area contributed by atoms with Crippen LogP contribution in [0.1, 0.15) is 26.3 Å². The van der Waals surface area contributed by atoms with Gasteiger partial charge in [-0.2, -0.15) is 0 Å². The van der Waals surface area contributed by atoms with Crippen molar-refractivity contribution in [2.45, 2.75) is 26.4 Å². The number of carbonyl (C=O) groups excluding carboxylic acids is 1. The minimum absolute atomic E-state index is 0.264. The smallest absolute Gasteiger partial charge is 0.410 e. The number of ether oxygens (including phenoxy) is 1. The monoisotopic (exact) mass is 418 g/mol. The first-order valence-corrected chi connectivity index (χ1v) is 10.3. The number of aliphatic imine (C=N–C) groups is 1. The number of aromatic nitrogens is 3. The van der Waals surface area contributed by atoms with Crippen LogP contribution in [0.25, 0.3) is 11.0 Å². The number of nitrogens with zero attached hydrogens (tertiary/aromatic N) is 6. The van der Waals surface area contributed by atoms with Crippen molar-refractivity contribution in [2.75, 3.05) is 31.1 Å². The topological polar surface area (TPSA) is 83.8 Å². The summed E-state index contributed by atoms with van der Waals surface area (Å²) in [5, 5.41) is 0. The van der Waals surface area contributed by atoms with Gasteiger partial charge < -0.3 is 14.5 Å². The van der Waals surface area contributed by atoms with E-state index in [4.69, 9.17) is 4.74 Å². The number of piperazine rings is 1. The Balaban J connectivity index is 1.46. The number of anilines is 1. The van der Waals surface area contributed by atoms with Crippen LogP contribution < -0.4 is 4.90 Å². The Bertz CT molecular complexity index is 1100. The molecule has 0 aliphatic carbocycles. The summed E-state index contributed by atoms with van der Waals surface area (Å²) in [7, 11) is 0. The second kappa shape index (κ2) is 8.67. The van der Waals surface area contributed by atoms with Gasteiger partial charge in [0, 0.05) is 51.0 Å². The number of amides is 1. The van der Waals surface area contributed by atoms with Crippen LogP contribution in [0.5, 0.6) is 0 Å². The zero-order valence-electron chi connectivity index (χ0n) is 18.0. The van der Waals surface area contributed by atoms with Gasteiger partial charge in [0.15, 0.2) is 0 Å². The molecule has 31 heavy (non-hydrogen) atoms. The van der Waals surface area contributed by atoms with Crippen molar-refractivity contribution in [3.05, 3.63) is 54.6 Å². The zero-order valence-corrected chi connectivity index (χ0v) is 18.0. The number of carbonyl (C=O) groups is 1. The van der Waals surface area contributed by atoms with Crippen LogP contribution in [0.15, 0.2) is 54.0 Å². The molecule has 8 nitrogen and oxygen atoms in total. The molecule has 0 bridgehead atoms. The fraction of sp³-hybridized carbons (Fsp3) is 0.348. The first-order valence-electron chi connectivity index (χ1n) is 10.3. The predicted octanol–water partition coefficient (Wildman–Crippen LogP) is 3.83. The Kier molecular flexibility index (Phi) is 5.79. The van der Waals surface area contributed by atoms with Gasteiger partial charge in [-0.15, -0.1) is 0 Å². The van der Waals surface area contributed by atoms with Gasteiger partial charge in [-0.3, -0.25) is 19.9 Å². The molecule has 0 N–H and O–H groups in total. The van der Waals surface area contributed by atoms with Crippen LogP contribution in [-0.2, 0) is 4.74 Å². The number of hydrogen-bond acceptors (Lipinski definition) is 7. The molecule has 8 heteroatoms. The zero-order chi connectivity index (χ0) is 21.8. The van der Waals surface area contributed by atoms with E-state index >= 15 is 0 Å². The molecular formula is C23H26N6O2. The Morgan fingerprint density at radius 1 is 1.03 bits per heavy atom. The lowest BCUT2D eigenvalue weighted by molar-refractivity contribution is 0.0240. The third-order valence-corrected chi connectivity index (χ3v) is 4.90. The fourth-order valence-electron chi connectivity index (χ4n) is 3.41. The summed E-state index contributed by atoms with van der Waals surface area (Å²) >= 11 is 0. The van der Waals surface area contributed by atoms with E-state index in [9.17, 15) is 4.79 Å². The Morgan fingerprint density at radius 2 is 1.77 bits per heavy atom. The molecule has 2 aromatic heterocycles. The molecule has 4 rings (SSSR count). The lowest BCUT2D eigenvalue weighted by Gasteiger charge is -2.37. The molecule has 3 aromatic rings. The normalized spacial score (nSPS) is 14.9. The van der Waals surface area contributed by atoms with Crippen LogP contribution in [0.2, 0.25) is 0 Å². The first kappa shape index (κ1) is 20.7. The first-order chi connectivity index (χ1) is 14.9. The number of pyridine rings is 1. The van der Waals surface area contributed by atoms with Gasteiger partial charge in [0.05, 0.1) is 22.9 Å². The van der Waals surface area contributed by atoms with E-state index in [1.165, 1.54) is 0 Å². The van der Waals surface area contributed by atoms with E-state index in [-0.39, 0.29) is 6.09 Å². The van der Waals surface area contributed by atoms with Crippen molar-refractivity contribution in [1.82, 2.24) is 19.9 Å². The largest absolute Gasteiger partial charge is 0.444 e. The third-order valence-electron chi connectivity index (χ3n) is 4.90.